The third kappa shape index (κ3) is 4.17. The molecule has 0 aliphatic carbocycles. The van der Waals surface area contributed by atoms with Crippen molar-refractivity contribution in [2.75, 3.05) is 6.61 Å². The average molecular weight is 219 g/mol. The summed E-state index contributed by atoms with van der Waals surface area (Å²) >= 11 is 0. The molecule has 0 spiro atoms. The summed E-state index contributed by atoms with van der Waals surface area (Å²) in [6.07, 6.45) is 3.44. The molecule has 0 aliphatic heterocycles. The number of ether oxygens (including phenoxy) is 1. The number of benzene rings is 1. The average Bonchev–Trinajstić information content (AvgIpc) is 2.29. The maximum Gasteiger partial charge on any atom is 0.217 e. The van der Waals surface area contributed by atoms with Crippen LogP contribution in [0.2, 0.25) is 0 Å². The Hall–Kier alpha value is -1.77. The van der Waals surface area contributed by atoms with Gasteiger partial charge in [0.1, 0.15) is 6.61 Å². The molecule has 1 amide bonds. The SMILES string of the molecule is C/C=C\OC[C@@H](NC(C)=O)c1ccccc1. The molecule has 1 atom stereocenters. The van der Waals surface area contributed by atoms with Crippen LogP contribution in [0.1, 0.15) is 25.5 Å². The molecule has 1 N–H and O–H groups in total. The number of allylic oxidation sites excluding steroid dienone is 1. The standard InChI is InChI=1S/C13H17NO2/c1-3-9-16-10-13(14-11(2)15)12-7-5-4-6-8-12/h3-9,13H,10H2,1-2H3,(H,14,15)/b9-3-/t13-/m1/s1. The van der Waals surface area contributed by atoms with Crippen LogP contribution in [0.15, 0.2) is 42.7 Å². The van der Waals surface area contributed by atoms with Crippen LogP contribution in [0.4, 0.5) is 0 Å². The highest BCUT2D eigenvalue weighted by molar-refractivity contribution is 5.73. The van der Waals surface area contributed by atoms with Crippen LogP contribution in [0, 0.1) is 0 Å². The number of nitrogens with one attached hydrogen (secondary N) is 1. The monoisotopic (exact) mass is 219 g/mol. The summed E-state index contributed by atoms with van der Waals surface area (Å²) in [5.74, 6) is -0.0575. The lowest BCUT2D eigenvalue weighted by atomic mass is 10.1. The van der Waals surface area contributed by atoms with Crippen molar-refractivity contribution in [2.45, 2.75) is 19.9 Å². The van der Waals surface area contributed by atoms with Gasteiger partial charge in [-0.2, -0.15) is 0 Å². The summed E-state index contributed by atoms with van der Waals surface area (Å²) in [6.45, 7) is 3.83. The molecular formula is C13H17NO2. The number of carbonyl (C=O) groups excluding carboxylic acids is 1. The Morgan fingerprint density at radius 3 is 2.69 bits per heavy atom. The zero-order valence-electron chi connectivity index (χ0n) is 9.64. The van der Waals surface area contributed by atoms with Gasteiger partial charge in [0.05, 0.1) is 12.3 Å². The van der Waals surface area contributed by atoms with E-state index in [9.17, 15) is 4.79 Å². The number of hydrogen-bond donors (Lipinski definition) is 1. The fourth-order valence-electron chi connectivity index (χ4n) is 1.40. The van der Waals surface area contributed by atoms with Gasteiger partial charge >= 0.3 is 0 Å². The third-order valence-corrected chi connectivity index (χ3v) is 2.07. The highest BCUT2D eigenvalue weighted by Crippen LogP contribution is 2.12. The number of carbonyl (C=O) groups is 1. The van der Waals surface area contributed by atoms with Crippen LogP contribution >= 0.6 is 0 Å². The lowest BCUT2D eigenvalue weighted by Gasteiger charge is -2.17. The van der Waals surface area contributed by atoms with Crippen LogP contribution in [-0.2, 0) is 9.53 Å². The molecule has 3 nitrogen and oxygen atoms in total. The first-order valence-corrected chi connectivity index (χ1v) is 5.29. The van der Waals surface area contributed by atoms with E-state index < -0.39 is 0 Å². The van der Waals surface area contributed by atoms with Crippen LogP contribution in [0.25, 0.3) is 0 Å². The van der Waals surface area contributed by atoms with Gasteiger partial charge in [-0.1, -0.05) is 36.4 Å². The van der Waals surface area contributed by atoms with Crippen molar-refractivity contribution in [2.24, 2.45) is 0 Å². The molecule has 0 heterocycles. The van der Waals surface area contributed by atoms with Gasteiger partial charge < -0.3 is 10.1 Å². The number of amides is 1. The molecular weight excluding hydrogens is 202 g/mol. The van der Waals surface area contributed by atoms with E-state index in [-0.39, 0.29) is 11.9 Å². The molecule has 0 aliphatic rings. The van der Waals surface area contributed by atoms with Crippen molar-refractivity contribution in [3.8, 4) is 0 Å². The first kappa shape index (κ1) is 12.3. The molecule has 0 bridgehead atoms. The van der Waals surface area contributed by atoms with E-state index >= 15 is 0 Å². The fraction of sp³-hybridized carbons (Fsp3) is 0.308. The Bertz CT molecular complexity index is 346. The van der Waals surface area contributed by atoms with Crippen LogP contribution in [0.3, 0.4) is 0 Å². The summed E-state index contributed by atoms with van der Waals surface area (Å²) in [6, 6.07) is 9.68. The van der Waals surface area contributed by atoms with Gasteiger partial charge in [-0.15, -0.1) is 0 Å². The molecule has 1 rings (SSSR count). The van der Waals surface area contributed by atoms with Crippen molar-refractivity contribution in [1.29, 1.82) is 0 Å². The smallest absolute Gasteiger partial charge is 0.217 e. The minimum atomic E-state index is -0.102. The van der Waals surface area contributed by atoms with E-state index in [1.807, 2.05) is 43.3 Å². The predicted octanol–water partition coefficient (Wildman–Crippen LogP) is 2.41. The van der Waals surface area contributed by atoms with Gasteiger partial charge in [0.2, 0.25) is 5.91 Å². The first-order valence-electron chi connectivity index (χ1n) is 5.29. The largest absolute Gasteiger partial charge is 0.499 e. The maximum absolute atomic E-state index is 11.1. The van der Waals surface area contributed by atoms with Gasteiger partial charge in [-0.05, 0) is 12.5 Å². The highest BCUT2D eigenvalue weighted by atomic mass is 16.5. The zero-order chi connectivity index (χ0) is 11.8. The van der Waals surface area contributed by atoms with E-state index in [4.69, 9.17) is 4.74 Å². The van der Waals surface area contributed by atoms with Crippen molar-refractivity contribution in [3.63, 3.8) is 0 Å². The number of hydrogen-bond acceptors (Lipinski definition) is 2. The van der Waals surface area contributed by atoms with Crippen molar-refractivity contribution < 1.29 is 9.53 Å². The second kappa shape index (κ2) is 6.67. The highest BCUT2D eigenvalue weighted by Gasteiger charge is 2.11. The summed E-state index contributed by atoms with van der Waals surface area (Å²) in [5.41, 5.74) is 1.04. The topological polar surface area (TPSA) is 38.3 Å². The van der Waals surface area contributed by atoms with Crippen LogP contribution in [-0.4, -0.2) is 12.5 Å². The molecule has 3 heteroatoms. The minimum Gasteiger partial charge on any atom is -0.499 e. The maximum atomic E-state index is 11.1. The second-order valence-electron chi connectivity index (χ2n) is 3.47. The van der Waals surface area contributed by atoms with Gasteiger partial charge in [0.25, 0.3) is 0 Å². The molecule has 86 valence electrons. The van der Waals surface area contributed by atoms with Crippen LogP contribution in [0.5, 0.6) is 0 Å². The van der Waals surface area contributed by atoms with E-state index in [1.165, 1.54) is 6.92 Å². The third-order valence-electron chi connectivity index (χ3n) is 2.07. The van der Waals surface area contributed by atoms with E-state index in [2.05, 4.69) is 5.32 Å². The van der Waals surface area contributed by atoms with Gasteiger partial charge in [0.15, 0.2) is 0 Å². The summed E-state index contributed by atoms with van der Waals surface area (Å²) in [4.78, 5) is 11.1. The summed E-state index contributed by atoms with van der Waals surface area (Å²) in [7, 11) is 0. The molecule has 1 aromatic rings. The van der Waals surface area contributed by atoms with Crippen molar-refractivity contribution in [3.05, 3.63) is 48.2 Å². The fourth-order valence-corrected chi connectivity index (χ4v) is 1.40. The zero-order valence-corrected chi connectivity index (χ0v) is 9.64. The van der Waals surface area contributed by atoms with Gasteiger partial charge in [-0.3, -0.25) is 4.79 Å². The Morgan fingerprint density at radius 1 is 1.44 bits per heavy atom. The second-order valence-corrected chi connectivity index (χ2v) is 3.47. The normalized spacial score (nSPS) is 12.4. The lowest BCUT2D eigenvalue weighted by molar-refractivity contribution is -0.120. The lowest BCUT2D eigenvalue weighted by Crippen LogP contribution is -2.29. The van der Waals surface area contributed by atoms with Crippen LogP contribution < -0.4 is 5.32 Å². The molecule has 0 saturated heterocycles. The Morgan fingerprint density at radius 2 is 2.12 bits per heavy atom. The Kier molecular flexibility index (Phi) is 5.12. The molecule has 0 unspecified atom stereocenters. The molecule has 0 aromatic heterocycles. The molecule has 0 saturated carbocycles. The first-order chi connectivity index (χ1) is 7.74. The molecule has 0 radical (unpaired) electrons. The van der Waals surface area contributed by atoms with Crippen molar-refractivity contribution in [1.82, 2.24) is 5.32 Å². The van der Waals surface area contributed by atoms with Gasteiger partial charge in [-0.25, -0.2) is 0 Å². The summed E-state index contributed by atoms with van der Waals surface area (Å²) in [5, 5.41) is 2.86. The Labute approximate surface area is 96.1 Å². The molecule has 1 aromatic carbocycles. The van der Waals surface area contributed by atoms with E-state index in [0.717, 1.165) is 5.56 Å². The predicted molar refractivity (Wildman–Crippen MR) is 63.8 cm³/mol. The van der Waals surface area contributed by atoms with Crippen molar-refractivity contribution >= 4 is 5.91 Å². The number of rotatable bonds is 5. The van der Waals surface area contributed by atoms with E-state index in [0.29, 0.717) is 6.61 Å². The molecule has 16 heavy (non-hydrogen) atoms. The molecule has 0 fully saturated rings. The quantitative estimate of drug-likeness (QED) is 0.772. The van der Waals surface area contributed by atoms with Gasteiger partial charge in [0, 0.05) is 6.92 Å². The minimum absolute atomic E-state index is 0.0575. The van der Waals surface area contributed by atoms with E-state index in [1.54, 1.807) is 6.26 Å². The Balaban J connectivity index is 2.67. The summed E-state index contributed by atoms with van der Waals surface area (Å²) < 4.78 is 5.30.